The lowest BCUT2D eigenvalue weighted by atomic mass is 10.2. The molecule has 0 saturated carbocycles. The molecule has 0 bridgehead atoms. The van der Waals surface area contributed by atoms with E-state index in [1.165, 1.54) is 0 Å². The summed E-state index contributed by atoms with van der Waals surface area (Å²) in [6, 6.07) is 0. The fourth-order valence-corrected chi connectivity index (χ4v) is 1.99. The van der Waals surface area contributed by atoms with Crippen LogP contribution < -0.4 is 0 Å². The van der Waals surface area contributed by atoms with Gasteiger partial charge in [-0.3, -0.25) is 9.05 Å². The van der Waals surface area contributed by atoms with Gasteiger partial charge in [0, 0.05) is 5.57 Å². The maximum absolute atomic E-state index is 11.1. The summed E-state index contributed by atoms with van der Waals surface area (Å²) in [5.74, 6) is -0.374. The summed E-state index contributed by atoms with van der Waals surface area (Å²) in [6.07, 6.45) is 3.10. The van der Waals surface area contributed by atoms with Gasteiger partial charge in [0.05, 0.1) is 19.8 Å². The Kier molecular flexibility index (Phi) is 9.79. The number of phosphoric acid groups is 1. The fourth-order valence-electron chi connectivity index (χ4n) is 1.23. The summed E-state index contributed by atoms with van der Waals surface area (Å²) in [7, 11) is -3.86. The minimum absolute atomic E-state index is 0.141. The first-order valence-corrected chi connectivity index (χ1v) is 7.83. The molecule has 112 valence electrons. The quantitative estimate of drug-likeness (QED) is 0.273. The Hall–Kier alpha value is -0.680. The predicted octanol–water partition coefficient (Wildman–Crippen LogP) is 2.82. The van der Waals surface area contributed by atoms with E-state index in [9.17, 15) is 9.36 Å². The van der Waals surface area contributed by atoms with Gasteiger partial charge in [-0.1, -0.05) is 13.0 Å². The molecule has 19 heavy (non-hydrogen) atoms. The number of hydrogen-bond donors (Lipinski definition) is 1. The molecule has 0 amide bonds. The molecular weight excluding hydrogens is 271 g/mol. The number of ether oxygens (including phenoxy) is 1. The molecule has 0 aliphatic carbocycles. The molecule has 0 aliphatic rings. The van der Waals surface area contributed by atoms with Crippen LogP contribution in [0.2, 0.25) is 0 Å². The number of rotatable bonds is 11. The lowest BCUT2D eigenvalue weighted by Gasteiger charge is -2.10. The van der Waals surface area contributed by atoms with Gasteiger partial charge in [-0.05, 0) is 33.1 Å². The minimum Gasteiger partial charge on any atom is -0.462 e. The van der Waals surface area contributed by atoms with E-state index in [1.54, 1.807) is 13.8 Å². The van der Waals surface area contributed by atoms with E-state index in [2.05, 4.69) is 11.1 Å². The zero-order valence-electron chi connectivity index (χ0n) is 11.6. The van der Waals surface area contributed by atoms with Crippen molar-refractivity contribution in [2.45, 2.75) is 39.5 Å². The SMILES string of the molecule is C=C(C)C(=O)OCCCCCCOP(=O)(O)OCC. The molecule has 0 aromatic heterocycles. The van der Waals surface area contributed by atoms with Crippen molar-refractivity contribution in [3.8, 4) is 0 Å². The largest absolute Gasteiger partial charge is 0.472 e. The van der Waals surface area contributed by atoms with Crippen LogP contribution in [0.3, 0.4) is 0 Å². The van der Waals surface area contributed by atoms with Gasteiger partial charge in [0.1, 0.15) is 0 Å². The number of phosphoric ester groups is 1. The van der Waals surface area contributed by atoms with Crippen LogP contribution in [0.25, 0.3) is 0 Å². The lowest BCUT2D eigenvalue weighted by Crippen LogP contribution is -2.06. The van der Waals surface area contributed by atoms with Crippen molar-refractivity contribution in [1.29, 1.82) is 0 Å². The predicted molar refractivity (Wildman–Crippen MR) is 71.6 cm³/mol. The first kappa shape index (κ1) is 18.3. The number of unbranched alkanes of at least 4 members (excludes halogenated alkanes) is 3. The molecule has 7 heteroatoms. The third kappa shape index (κ3) is 10.9. The van der Waals surface area contributed by atoms with Crippen LogP contribution in [-0.4, -0.2) is 30.7 Å². The molecule has 0 fully saturated rings. The van der Waals surface area contributed by atoms with Gasteiger partial charge >= 0.3 is 13.8 Å². The number of carbonyl (C=O) groups is 1. The van der Waals surface area contributed by atoms with Crippen LogP contribution in [0.15, 0.2) is 12.2 Å². The second-order valence-electron chi connectivity index (χ2n) is 4.05. The van der Waals surface area contributed by atoms with E-state index in [1.807, 2.05) is 0 Å². The average molecular weight is 294 g/mol. The van der Waals surface area contributed by atoms with Crippen molar-refractivity contribution in [3.05, 3.63) is 12.2 Å². The topological polar surface area (TPSA) is 82.1 Å². The van der Waals surface area contributed by atoms with Crippen molar-refractivity contribution in [2.75, 3.05) is 19.8 Å². The number of carbonyl (C=O) groups excluding carboxylic acids is 1. The molecule has 0 aliphatic heterocycles. The Morgan fingerprint density at radius 3 is 2.26 bits per heavy atom. The summed E-state index contributed by atoms with van der Waals surface area (Å²) in [4.78, 5) is 20.1. The molecule has 0 radical (unpaired) electrons. The van der Waals surface area contributed by atoms with Crippen LogP contribution in [0.4, 0.5) is 0 Å². The van der Waals surface area contributed by atoms with Crippen molar-refractivity contribution < 1.29 is 28.0 Å². The van der Waals surface area contributed by atoms with Crippen molar-refractivity contribution in [3.63, 3.8) is 0 Å². The highest BCUT2D eigenvalue weighted by molar-refractivity contribution is 7.47. The fraction of sp³-hybridized carbons (Fsp3) is 0.750. The molecule has 0 spiro atoms. The molecule has 0 heterocycles. The monoisotopic (exact) mass is 294 g/mol. The Morgan fingerprint density at radius 2 is 1.74 bits per heavy atom. The summed E-state index contributed by atoms with van der Waals surface area (Å²) in [5, 5.41) is 0. The van der Waals surface area contributed by atoms with Gasteiger partial charge in [0.25, 0.3) is 0 Å². The van der Waals surface area contributed by atoms with Gasteiger partial charge < -0.3 is 9.63 Å². The summed E-state index contributed by atoms with van der Waals surface area (Å²) in [6.45, 7) is 7.39. The van der Waals surface area contributed by atoms with Crippen molar-refractivity contribution in [2.24, 2.45) is 0 Å². The number of esters is 1. The van der Waals surface area contributed by atoms with Gasteiger partial charge in [0.2, 0.25) is 0 Å². The second-order valence-corrected chi connectivity index (χ2v) is 5.50. The molecule has 0 aromatic rings. The second kappa shape index (κ2) is 10.1. The normalized spacial score (nSPS) is 13.8. The zero-order chi connectivity index (χ0) is 14.7. The van der Waals surface area contributed by atoms with Crippen molar-refractivity contribution >= 4 is 13.8 Å². The van der Waals surface area contributed by atoms with E-state index in [0.717, 1.165) is 19.3 Å². The van der Waals surface area contributed by atoms with Crippen LogP contribution in [0.1, 0.15) is 39.5 Å². The van der Waals surface area contributed by atoms with E-state index in [0.29, 0.717) is 18.6 Å². The van der Waals surface area contributed by atoms with Crippen molar-refractivity contribution in [1.82, 2.24) is 0 Å². The maximum atomic E-state index is 11.1. The molecule has 6 nitrogen and oxygen atoms in total. The molecular formula is C12H23O6P. The highest BCUT2D eigenvalue weighted by Gasteiger charge is 2.18. The average Bonchev–Trinajstić information content (AvgIpc) is 2.31. The Morgan fingerprint density at radius 1 is 1.16 bits per heavy atom. The first-order chi connectivity index (χ1) is 8.89. The van der Waals surface area contributed by atoms with Gasteiger partial charge in [-0.25, -0.2) is 9.36 Å². The Bertz CT molecular complexity index is 328. The van der Waals surface area contributed by atoms with Crippen LogP contribution in [0, 0.1) is 0 Å². The van der Waals surface area contributed by atoms with Crippen LogP contribution in [0.5, 0.6) is 0 Å². The molecule has 0 aromatic carbocycles. The standard InChI is InChI=1S/C12H23O6P/c1-4-17-19(14,15)18-10-8-6-5-7-9-16-12(13)11(2)3/h2,4-10H2,1,3H3,(H,14,15). The summed E-state index contributed by atoms with van der Waals surface area (Å²) >= 11 is 0. The third-order valence-corrected chi connectivity index (χ3v) is 3.26. The minimum atomic E-state index is -3.86. The first-order valence-electron chi connectivity index (χ1n) is 6.33. The smallest absolute Gasteiger partial charge is 0.462 e. The number of hydrogen-bond acceptors (Lipinski definition) is 5. The Labute approximate surface area is 114 Å². The van der Waals surface area contributed by atoms with E-state index in [4.69, 9.17) is 14.2 Å². The molecule has 1 atom stereocenters. The molecule has 1 N–H and O–H groups in total. The molecule has 0 rings (SSSR count). The van der Waals surface area contributed by atoms with E-state index >= 15 is 0 Å². The highest BCUT2D eigenvalue weighted by Crippen LogP contribution is 2.42. The van der Waals surface area contributed by atoms with Gasteiger partial charge in [0.15, 0.2) is 0 Å². The van der Waals surface area contributed by atoms with Gasteiger partial charge in [-0.15, -0.1) is 0 Å². The van der Waals surface area contributed by atoms with E-state index in [-0.39, 0.29) is 19.2 Å². The van der Waals surface area contributed by atoms with E-state index < -0.39 is 7.82 Å². The Balaban J connectivity index is 3.39. The molecule has 1 unspecified atom stereocenters. The maximum Gasteiger partial charge on any atom is 0.472 e. The van der Waals surface area contributed by atoms with Gasteiger partial charge in [-0.2, -0.15) is 0 Å². The zero-order valence-corrected chi connectivity index (χ0v) is 12.5. The summed E-state index contributed by atoms with van der Waals surface area (Å²) in [5.41, 5.74) is 0.392. The molecule has 0 saturated heterocycles. The lowest BCUT2D eigenvalue weighted by molar-refractivity contribution is -0.139. The van der Waals surface area contributed by atoms with Crippen LogP contribution >= 0.6 is 7.82 Å². The third-order valence-electron chi connectivity index (χ3n) is 2.17. The summed E-state index contributed by atoms with van der Waals surface area (Å²) < 4.78 is 25.3. The highest BCUT2D eigenvalue weighted by atomic mass is 31.2. The van der Waals surface area contributed by atoms with Crippen LogP contribution in [-0.2, 0) is 23.1 Å².